The molecule has 2 N–H and O–H groups in total. The monoisotopic (exact) mass is 326 g/mol. The molecule has 1 atom stereocenters. The van der Waals surface area contributed by atoms with E-state index in [2.05, 4.69) is 10.6 Å². The van der Waals surface area contributed by atoms with Crippen LogP contribution in [-0.2, 0) is 16.0 Å². The van der Waals surface area contributed by atoms with Crippen LogP contribution in [0.25, 0.3) is 0 Å². The van der Waals surface area contributed by atoms with E-state index in [1.54, 1.807) is 32.2 Å². The minimum Gasteiger partial charge on any atom is -0.464 e. The summed E-state index contributed by atoms with van der Waals surface area (Å²) in [6, 6.07) is 16.3. The van der Waals surface area contributed by atoms with Crippen molar-refractivity contribution >= 4 is 17.6 Å². The normalized spacial score (nSPS) is 11.4. The summed E-state index contributed by atoms with van der Waals surface area (Å²) >= 11 is 0. The Hall–Kier alpha value is -2.82. The molecule has 0 aliphatic rings. The van der Waals surface area contributed by atoms with Crippen LogP contribution in [0, 0.1) is 0 Å². The predicted octanol–water partition coefficient (Wildman–Crippen LogP) is 2.63. The maximum absolute atomic E-state index is 12.3. The standard InChI is InChI=1S/C19H22N2O3/c1-3-24-19(23)17(12-14-8-5-4-6-9-14)21-16-11-7-10-15(13-16)18(22)20-2/h4-11,13,17,21H,3,12H2,1-2H3,(H,20,22). The molecule has 0 aliphatic carbocycles. The van der Waals surface area contributed by atoms with E-state index >= 15 is 0 Å². The maximum Gasteiger partial charge on any atom is 0.328 e. The van der Waals surface area contributed by atoms with Gasteiger partial charge in [-0.2, -0.15) is 0 Å². The molecule has 0 heterocycles. The van der Waals surface area contributed by atoms with Crippen molar-refractivity contribution in [2.45, 2.75) is 19.4 Å². The third-order valence-electron chi connectivity index (χ3n) is 3.55. The topological polar surface area (TPSA) is 67.4 Å². The number of carbonyl (C=O) groups is 2. The number of benzene rings is 2. The second-order valence-electron chi connectivity index (χ2n) is 5.30. The van der Waals surface area contributed by atoms with Crippen LogP contribution in [0.1, 0.15) is 22.8 Å². The van der Waals surface area contributed by atoms with Crippen LogP contribution in [0.2, 0.25) is 0 Å². The number of esters is 1. The number of ether oxygens (including phenoxy) is 1. The van der Waals surface area contributed by atoms with Crippen LogP contribution in [0.3, 0.4) is 0 Å². The molecule has 1 amide bonds. The summed E-state index contributed by atoms with van der Waals surface area (Å²) in [6.07, 6.45) is 0.504. The molecule has 0 fully saturated rings. The van der Waals surface area contributed by atoms with Gasteiger partial charge in [0.2, 0.25) is 0 Å². The second-order valence-corrected chi connectivity index (χ2v) is 5.30. The number of carbonyl (C=O) groups excluding carboxylic acids is 2. The molecule has 0 aliphatic heterocycles. The lowest BCUT2D eigenvalue weighted by atomic mass is 10.1. The molecule has 0 spiro atoms. The molecular weight excluding hydrogens is 304 g/mol. The smallest absolute Gasteiger partial charge is 0.328 e. The van der Waals surface area contributed by atoms with Crippen molar-refractivity contribution in [1.82, 2.24) is 5.32 Å². The first kappa shape index (κ1) is 17.5. The van der Waals surface area contributed by atoms with Gasteiger partial charge in [0.05, 0.1) is 6.61 Å². The lowest BCUT2D eigenvalue weighted by Gasteiger charge is -2.19. The Bertz CT molecular complexity index is 686. The van der Waals surface area contributed by atoms with Gasteiger partial charge >= 0.3 is 5.97 Å². The number of nitrogens with one attached hydrogen (secondary N) is 2. The van der Waals surface area contributed by atoms with Gasteiger partial charge in [0.15, 0.2) is 0 Å². The van der Waals surface area contributed by atoms with Crippen LogP contribution in [0.4, 0.5) is 5.69 Å². The zero-order valence-electron chi connectivity index (χ0n) is 13.9. The molecule has 0 radical (unpaired) electrons. The highest BCUT2D eigenvalue weighted by molar-refractivity contribution is 5.95. The van der Waals surface area contributed by atoms with Crippen molar-refractivity contribution in [3.8, 4) is 0 Å². The number of rotatable bonds is 7. The minimum atomic E-state index is -0.521. The van der Waals surface area contributed by atoms with Gasteiger partial charge in [-0.1, -0.05) is 36.4 Å². The minimum absolute atomic E-state index is 0.172. The van der Waals surface area contributed by atoms with Crippen molar-refractivity contribution in [2.75, 3.05) is 19.0 Å². The largest absolute Gasteiger partial charge is 0.464 e. The molecule has 0 saturated heterocycles. The summed E-state index contributed by atoms with van der Waals surface area (Å²) in [5.41, 5.74) is 2.26. The van der Waals surface area contributed by atoms with E-state index in [1.807, 2.05) is 36.4 Å². The van der Waals surface area contributed by atoms with Gasteiger partial charge in [-0.3, -0.25) is 4.79 Å². The molecule has 0 saturated carbocycles. The Balaban J connectivity index is 2.18. The quantitative estimate of drug-likeness (QED) is 0.768. The van der Waals surface area contributed by atoms with E-state index in [4.69, 9.17) is 4.74 Å². The average molecular weight is 326 g/mol. The van der Waals surface area contributed by atoms with E-state index < -0.39 is 6.04 Å². The molecule has 2 rings (SSSR count). The summed E-state index contributed by atoms with van der Waals surface area (Å²) in [7, 11) is 1.58. The molecule has 0 bridgehead atoms. The molecule has 2 aromatic rings. The fourth-order valence-electron chi connectivity index (χ4n) is 2.38. The molecule has 0 aromatic heterocycles. The molecule has 1 unspecified atom stereocenters. The number of hydrogen-bond donors (Lipinski definition) is 2. The van der Waals surface area contributed by atoms with Crippen molar-refractivity contribution in [1.29, 1.82) is 0 Å². The van der Waals surface area contributed by atoms with Gasteiger partial charge in [0, 0.05) is 24.7 Å². The van der Waals surface area contributed by atoms with Crippen LogP contribution < -0.4 is 10.6 Å². The molecule has 24 heavy (non-hydrogen) atoms. The van der Waals surface area contributed by atoms with E-state index in [0.29, 0.717) is 24.3 Å². The Kier molecular flexibility index (Phi) is 6.37. The van der Waals surface area contributed by atoms with Crippen LogP contribution in [-0.4, -0.2) is 31.6 Å². The number of hydrogen-bond acceptors (Lipinski definition) is 4. The van der Waals surface area contributed by atoms with Crippen molar-refractivity contribution in [2.24, 2.45) is 0 Å². The molecular formula is C19H22N2O3. The Morgan fingerprint density at radius 3 is 2.50 bits per heavy atom. The molecule has 5 nitrogen and oxygen atoms in total. The molecule has 2 aromatic carbocycles. The summed E-state index contributed by atoms with van der Waals surface area (Å²) < 4.78 is 5.17. The number of amides is 1. The first-order valence-corrected chi connectivity index (χ1v) is 7.93. The first-order chi connectivity index (χ1) is 11.6. The summed E-state index contributed by atoms with van der Waals surface area (Å²) in [5, 5.41) is 5.76. The SMILES string of the molecule is CCOC(=O)C(Cc1ccccc1)Nc1cccc(C(=O)NC)c1. The third kappa shape index (κ3) is 4.84. The summed E-state index contributed by atoms with van der Waals surface area (Å²) in [6.45, 7) is 2.10. The lowest BCUT2D eigenvalue weighted by molar-refractivity contribution is -0.144. The van der Waals surface area contributed by atoms with Crippen molar-refractivity contribution < 1.29 is 14.3 Å². The van der Waals surface area contributed by atoms with E-state index in [9.17, 15) is 9.59 Å². The van der Waals surface area contributed by atoms with Crippen LogP contribution in [0.5, 0.6) is 0 Å². The van der Waals surface area contributed by atoms with Crippen LogP contribution >= 0.6 is 0 Å². The Labute approximate surface area is 142 Å². The van der Waals surface area contributed by atoms with Gasteiger partial charge in [-0.15, -0.1) is 0 Å². The third-order valence-corrected chi connectivity index (χ3v) is 3.55. The van der Waals surface area contributed by atoms with Gasteiger partial charge in [-0.25, -0.2) is 4.79 Å². The fraction of sp³-hybridized carbons (Fsp3) is 0.263. The average Bonchev–Trinajstić information content (AvgIpc) is 2.62. The molecule has 5 heteroatoms. The van der Waals surface area contributed by atoms with Gasteiger partial charge < -0.3 is 15.4 Å². The highest BCUT2D eigenvalue weighted by Crippen LogP contribution is 2.15. The van der Waals surface area contributed by atoms with Crippen LogP contribution in [0.15, 0.2) is 54.6 Å². The van der Waals surface area contributed by atoms with Gasteiger partial charge in [-0.05, 0) is 30.7 Å². The highest BCUT2D eigenvalue weighted by Gasteiger charge is 2.20. The predicted molar refractivity (Wildman–Crippen MR) is 94.0 cm³/mol. The summed E-state index contributed by atoms with van der Waals surface area (Å²) in [4.78, 5) is 24.0. The van der Waals surface area contributed by atoms with Crippen molar-refractivity contribution in [3.63, 3.8) is 0 Å². The Morgan fingerprint density at radius 2 is 1.83 bits per heavy atom. The maximum atomic E-state index is 12.3. The van der Waals surface area contributed by atoms with E-state index in [-0.39, 0.29) is 11.9 Å². The van der Waals surface area contributed by atoms with Gasteiger partial charge in [0.1, 0.15) is 6.04 Å². The van der Waals surface area contributed by atoms with Gasteiger partial charge in [0.25, 0.3) is 5.91 Å². The Morgan fingerprint density at radius 1 is 1.08 bits per heavy atom. The first-order valence-electron chi connectivity index (χ1n) is 7.93. The van der Waals surface area contributed by atoms with Crippen molar-refractivity contribution in [3.05, 3.63) is 65.7 Å². The zero-order valence-corrected chi connectivity index (χ0v) is 13.9. The second kappa shape index (κ2) is 8.72. The van der Waals surface area contributed by atoms with E-state index in [0.717, 1.165) is 5.56 Å². The molecule has 126 valence electrons. The fourth-order valence-corrected chi connectivity index (χ4v) is 2.38. The van der Waals surface area contributed by atoms with E-state index in [1.165, 1.54) is 0 Å². The number of anilines is 1. The summed E-state index contributed by atoms with van der Waals surface area (Å²) in [5.74, 6) is -0.485. The highest BCUT2D eigenvalue weighted by atomic mass is 16.5. The lowest BCUT2D eigenvalue weighted by Crippen LogP contribution is -2.33. The zero-order chi connectivity index (χ0) is 17.4.